The van der Waals surface area contributed by atoms with E-state index in [0.29, 0.717) is 35.9 Å². The summed E-state index contributed by atoms with van der Waals surface area (Å²) in [5, 5.41) is 24.8. The molecule has 0 radical (unpaired) electrons. The van der Waals surface area contributed by atoms with Crippen molar-refractivity contribution in [2.24, 2.45) is 0 Å². The fraction of sp³-hybridized carbons (Fsp3) is 0.485. The third kappa shape index (κ3) is 7.75. The van der Waals surface area contributed by atoms with Crippen LogP contribution in [0.3, 0.4) is 0 Å². The average molecular weight is 675 g/mol. The first-order valence-electron chi connectivity index (χ1n) is 16.6. The molecule has 48 heavy (non-hydrogen) atoms. The molecule has 3 aliphatic rings. The zero-order chi connectivity index (χ0) is 33.1. The Labute approximate surface area is 280 Å². The number of nitrogens with zero attached hydrogens (tertiary/aromatic N) is 7. The zero-order valence-electron chi connectivity index (χ0n) is 27.0. The SMILES string of the molecule is CC1(O)CCC(Nc2cc(Nc3ccnc(-c4cnn(S(=O)(=O)C5CC5)c4)n3)ncc2-c2cc(NCCN3CCOCC3)ccn2)CC1. The Morgan fingerprint density at radius 3 is 2.58 bits per heavy atom. The standard InChI is InChI=1S/C33H42N10O4S/c1-33(44)8-4-24(5-9-33)39-29-19-31(37-21-27(29)28-18-25(6-10-35-28)34-12-13-42-14-16-47-17-15-42)40-30-7-11-36-32(41-30)23-20-38-43(22-23)48(45,46)26-2-3-26/h6-7,10-11,18-22,24,26,44H,2-5,8-9,12-17H2,1H3,(H,34,35)(H2,36,37,39,40,41). The predicted octanol–water partition coefficient (Wildman–Crippen LogP) is 3.73. The second-order valence-electron chi connectivity index (χ2n) is 13.1. The molecule has 1 saturated heterocycles. The second kappa shape index (κ2) is 13.7. The van der Waals surface area contributed by atoms with Crippen LogP contribution < -0.4 is 16.0 Å². The molecule has 0 atom stereocenters. The molecular weight excluding hydrogens is 632 g/mol. The fourth-order valence-corrected chi connectivity index (χ4v) is 7.58. The van der Waals surface area contributed by atoms with Crippen molar-refractivity contribution in [2.45, 2.75) is 62.3 Å². The molecule has 4 aromatic rings. The van der Waals surface area contributed by atoms with E-state index in [1.807, 2.05) is 25.1 Å². The van der Waals surface area contributed by atoms with Crippen LogP contribution in [-0.2, 0) is 14.8 Å². The van der Waals surface area contributed by atoms with Gasteiger partial charge in [0.05, 0.1) is 47.7 Å². The van der Waals surface area contributed by atoms with Crippen molar-refractivity contribution in [3.05, 3.63) is 55.2 Å². The first kappa shape index (κ1) is 32.4. The molecule has 4 aromatic heterocycles. The van der Waals surface area contributed by atoms with Crippen LogP contribution in [0, 0.1) is 0 Å². The number of anilines is 4. The van der Waals surface area contributed by atoms with Crippen molar-refractivity contribution in [3.63, 3.8) is 0 Å². The summed E-state index contributed by atoms with van der Waals surface area (Å²) < 4.78 is 31.7. The number of aromatic nitrogens is 6. The molecule has 0 aromatic carbocycles. The molecule has 0 unspecified atom stereocenters. The summed E-state index contributed by atoms with van der Waals surface area (Å²) in [6, 6.07) is 7.88. The lowest BCUT2D eigenvalue weighted by Gasteiger charge is -2.34. The minimum Gasteiger partial charge on any atom is -0.390 e. The van der Waals surface area contributed by atoms with Gasteiger partial charge in [-0.1, -0.05) is 0 Å². The normalized spacial score (nSPS) is 21.9. The predicted molar refractivity (Wildman–Crippen MR) is 184 cm³/mol. The van der Waals surface area contributed by atoms with E-state index in [-0.39, 0.29) is 11.3 Å². The zero-order valence-corrected chi connectivity index (χ0v) is 27.9. The van der Waals surface area contributed by atoms with Gasteiger partial charge in [0.1, 0.15) is 11.6 Å². The van der Waals surface area contributed by atoms with Crippen molar-refractivity contribution < 1.29 is 18.3 Å². The summed E-state index contributed by atoms with van der Waals surface area (Å²) >= 11 is 0. The van der Waals surface area contributed by atoms with Gasteiger partial charge in [-0.2, -0.15) is 9.19 Å². The molecule has 14 nitrogen and oxygen atoms in total. The molecule has 3 fully saturated rings. The third-order valence-electron chi connectivity index (χ3n) is 9.16. The van der Waals surface area contributed by atoms with Gasteiger partial charge in [0.2, 0.25) is 0 Å². The third-order valence-corrected chi connectivity index (χ3v) is 11.2. The summed E-state index contributed by atoms with van der Waals surface area (Å²) in [5.41, 5.74) is 3.37. The summed E-state index contributed by atoms with van der Waals surface area (Å²) in [6.07, 6.45) is 12.6. The highest BCUT2D eigenvalue weighted by Gasteiger charge is 2.37. The number of morpholine rings is 1. The quantitative estimate of drug-likeness (QED) is 0.171. The molecule has 0 spiro atoms. The Hall–Kier alpha value is -4.18. The smallest absolute Gasteiger partial charge is 0.256 e. The Morgan fingerprint density at radius 1 is 1.00 bits per heavy atom. The van der Waals surface area contributed by atoms with Crippen LogP contribution in [0.15, 0.2) is 55.2 Å². The summed E-state index contributed by atoms with van der Waals surface area (Å²) in [6.45, 7) is 7.12. The largest absolute Gasteiger partial charge is 0.390 e. The van der Waals surface area contributed by atoms with E-state index in [9.17, 15) is 13.5 Å². The van der Waals surface area contributed by atoms with Crippen LogP contribution in [0.5, 0.6) is 0 Å². The molecule has 2 saturated carbocycles. The maximum atomic E-state index is 12.6. The summed E-state index contributed by atoms with van der Waals surface area (Å²) in [4.78, 5) is 20.8. The van der Waals surface area contributed by atoms with Gasteiger partial charge in [0.15, 0.2) is 5.82 Å². The first-order valence-corrected chi connectivity index (χ1v) is 18.1. The molecule has 7 rings (SSSR count). The minimum atomic E-state index is -3.49. The number of ether oxygens (including phenoxy) is 1. The molecule has 0 amide bonds. The molecule has 15 heteroatoms. The Balaban J connectivity index is 1.10. The summed E-state index contributed by atoms with van der Waals surface area (Å²) in [5.74, 6) is 1.42. The van der Waals surface area contributed by atoms with Crippen LogP contribution in [0.1, 0.15) is 45.4 Å². The Bertz CT molecular complexity index is 1830. The maximum absolute atomic E-state index is 12.6. The van der Waals surface area contributed by atoms with Gasteiger partial charge in [0.25, 0.3) is 10.0 Å². The lowest BCUT2D eigenvalue weighted by molar-refractivity contribution is 0.0196. The lowest BCUT2D eigenvalue weighted by Crippen LogP contribution is -2.39. The second-order valence-corrected chi connectivity index (χ2v) is 15.1. The molecule has 5 heterocycles. The molecule has 4 N–H and O–H groups in total. The van der Waals surface area contributed by atoms with Gasteiger partial charge >= 0.3 is 0 Å². The van der Waals surface area contributed by atoms with Crippen molar-refractivity contribution in [1.82, 2.24) is 34.0 Å². The number of hydrogen-bond donors (Lipinski definition) is 4. The van der Waals surface area contributed by atoms with E-state index in [4.69, 9.17) is 14.7 Å². The minimum absolute atomic E-state index is 0.183. The number of hydrogen-bond acceptors (Lipinski definition) is 13. The molecular formula is C33H42N10O4S. The Morgan fingerprint density at radius 2 is 1.79 bits per heavy atom. The number of aliphatic hydroxyl groups is 1. The number of pyridine rings is 2. The van der Waals surface area contributed by atoms with E-state index in [1.165, 1.54) is 12.4 Å². The summed E-state index contributed by atoms with van der Waals surface area (Å²) in [7, 11) is -3.49. The highest BCUT2D eigenvalue weighted by atomic mass is 32.2. The van der Waals surface area contributed by atoms with Gasteiger partial charge in [-0.05, 0) is 63.6 Å². The lowest BCUT2D eigenvalue weighted by atomic mass is 9.83. The van der Waals surface area contributed by atoms with Crippen molar-refractivity contribution >= 4 is 33.0 Å². The van der Waals surface area contributed by atoms with Crippen molar-refractivity contribution in [1.29, 1.82) is 0 Å². The maximum Gasteiger partial charge on any atom is 0.256 e. The average Bonchev–Trinajstić information content (AvgIpc) is 3.83. The van der Waals surface area contributed by atoms with Gasteiger partial charge in [-0.3, -0.25) is 9.88 Å². The van der Waals surface area contributed by atoms with E-state index in [0.717, 1.165) is 91.8 Å². The fourth-order valence-electron chi connectivity index (χ4n) is 6.10. The van der Waals surface area contributed by atoms with E-state index in [2.05, 4.69) is 35.9 Å². The number of nitrogens with one attached hydrogen (secondary N) is 3. The van der Waals surface area contributed by atoms with Crippen LogP contribution >= 0.6 is 0 Å². The molecule has 0 bridgehead atoms. The van der Waals surface area contributed by atoms with Gasteiger partial charge in [-0.15, -0.1) is 0 Å². The van der Waals surface area contributed by atoms with Crippen LogP contribution in [-0.4, -0.2) is 104 Å². The van der Waals surface area contributed by atoms with Gasteiger partial charge in [0, 0.05) is 73.8 Å². The van der Waals surface area contributed by atoms with Crippen molar-refractivity contribution in [2.75, 3.05) is 55.3 Å². The van der Waals surface area contributed by atoms with Crippen LogP contribution in [0.25, 0.3) is 22.6 Å². The molecule has 254 valence electrons. The van der Waals surface area contributed by atoms with Crippen LogP contribution in [0.4, 0.5) is 23.0 Å². The van der Waals surface area contributed by atoms with E-state index in [1.54, 1.807) is 24.7 Å². The molecule has 1 aliphatic heterocycles. The van der Waals surface area contributed by atoms with Crippen LogP contribution in [0.2, 0.25) is 0 Å². The Kier molecular flexibility index (Phi) is 9.27. The highest BCUT2D eigenvalue weighted by Crippen LogP contribution is 2.35. The van der Waals surface area contributed by atoms with E-state index >= 15 is 0 Å². The topological polar surface area (TPSA) is 172 Å². The highest BCUT2D eigenvalue weighted by molar-refractivity contribution is 7.90. The monoisotopic (exact) mass is 674 g/mol. The van der Waals surface area contributed by atoms with Gasteiger partial charge in [-0.25, -0.2) is 23.4 Å². The first-order chi connectivity index (χ1) is 23.2. The van der Waals surface area contributed by atoms with Crippen molar-refractivity contribution in [3.8, 4) is 22.6 Å². The number of rotatable bonds is 12. The molecule has 2 aliphatic carbocycles. The van der Waals surface area contributed by atoms with E-state index < -0.39 is 15.6 Å². The van der Waals surface area contributed by atoms with Gasteiger partial charge < -0.3 is 25.8 Å².